The lowest BCUT2D eigenvalue weighted by Crippen LogP contribution is -2.29. The van der Waals surface area contributed by atoms with Crippen LogP contribution in [0.15, 0.2) is 40.2 Å². The van der Waals surface area contributed by atoms with Gasteiger partial charge in [-0.15, -0.1) is 26.6 Å². The molecule has 0 aromatic carbocycles. The van der Waals surface area contributed by atoms with Crippen molar-refractivity contribution in [2.24, 2.45) is 5.10 Å². The average Bonchev–Trinajstić information content (AvgIpc) is 3.15. The molecule has 2 aromatic heterocycles. The number of aromatic nitrogens is 3. The molecule has 1 aliphatic heterocycles. The Bertz CT molecular complexity index is 660. The van der Waals surface area contributed by atoms with Gasteiger partial charge in [0.25, 0.3) is 5.91 Å². The molecule has 3 heterocycles. The van der Waals surface area contributed by atoms with E-state index < -0.39 is 0 Å². The number of likely N-dealkylation sites (N-methyl/N-ethyl adjacent to an activating group) is 1. The number of carbonyl (C=O) groups is 1. The van der Waals surface area contributed by atoms with Crippen LogP contribution < -0.4 is 0 Å². The minimum absolute atomic E-state index is 0.0160. The first-order valence-electron chi connectivity index (χ1n) is 5.96. The Labute approximate surface area is 123 Å². The van der Waals surface area contributed by atoms with Gasteiger partial charge in [-0.2, -0.15) is 0 Å². The summed E-state index contributed by atoms with van der Waals surface area (Å²) in [4.78, 5) is 15.7. The summed E-state index contributed by atoms with van der Waals surface area (Å²) in [5, 5.41) is 14.4. The minimum atomic E-state index is -0.0160. The monoisotopic (exact) mass is 305 g/mol. The Morgan fingerprint density at radius 3 is 2.85 bits per heavy atom. The molecule has 2 aromatic rings. The molecule has 0 unspecified atom stereocenters. The van der Waals surface area contributed by atoms with E-state index >= 15 is 0 Å². The van der Waals surface area contributed by atoms with Crippen molar-refractivity contribution in [2.75, 3.05) is 6.54 Å². The van der Waals surface area contributed by atoms with Crippen molar-refractivity contribution in [1.82, 2.24) is 19.8 Å². The summed E-state index contributed by atoms with van der Waals surface area (Å²) < 4.78 is 1.49. The van der Waals surface area contributed by atoms with Crippen LogP contribution in [0.3, 0.4) is 0 Å². The van der Waals surface area contributed by atoms with E-state index in [0.717, 1.165) is 4.88 Å². The van der Waals surface area contributed by atoms with E-state index in [-0.39, 0.29) is 5.91 Å². The fraction of sp³-hybridized carbons (Fsp3) is 0.167. The summed E-state index contributed by atoms with van der Waals surface area (Å²) in [6.07, 6.45) is 4.88. The zero-order valence-corrected chi connectivity index (χ0v) is 12.3. The van der Waals surface area contributed by atoms with Crippen LogP contribution in [0.4, 0.5) is 0 Å². The molecule has 0 radical (unpaired) electrons. The van der Waals surface area contributed by atoms with Gasteiger partial charge in [0.1, 0.15) is 12.7 Å². The molecular formula is C12H11N5OS2. The summed E-state index contributed by atoms with van der Waals surface area (Å²) in [6, 6.07) is 3.95. The molecule has 3 rings (SSSR count). The number of hydrogen-bond donors (Lipinski definition) is 0. The topological polar surface area (TPSA) is 63.4 Å². The van der Waals surface area contributed by atoms with Gasteiger partial charge in [0.05, 0.1) is 4.91 Å². The summed E-state index contributed by atoms with van der Waals surface area (Å²) in [6.45, 7) is 2.50. The minimum Gasteiger partial charge on any atom is -0.285 e. The molecule has 0 N–H and O–H groups in total. The maximum atomic E-state index is 12.3. The largest absolute Gasteiger partial charge is 0.285 e. The molecule has 1 aliphatic rings. The standard InChI is InChI=1S/C12H11N5OS2/c1-2-17-11(18)10(6-9-4-3-5-19-9)20-12(17)15-16-7-13-14-8-16/h3-8H,2H2,1H3/b10-6-,15-12?. The van der Waals surface area contributed by atoms with Crippen molar-refractivity contribution in [2.45, 2.75) is 6.92 Å². The number of amides is 1. The van der Waals surface area contributed by atoms with Crippen LogP contribution in [-0.2, 0) is 4.79 Å². The Kier molecular flexibility index (Phi) is 3.66. The van der Waals surface area contributed by atoms with Crippen LogP contribution in [0, 0.1) is 0 Å². The lowest BCUT2D eigenvalue weighted by molar-refractivity contribution is -0.122. The van der Waals surface area contributed by atoms with E-state index in [1.54, 1.807) is 16.2 Å². The van der Waals surface area contributed by atoms with Gasteiger partial charge in [0, 0.05) is 11.4 Å². The molecule has 6 nitrogen and oxygen atoms in total. The highest BCUT2D eigenvalue weighted by atomic mass is 32.2. The second-order valence-corrected chi connectivity index (χ2v) is 5.89. The molecule has 20 heavy (non-hydrogen) atoms. The molecule has 0 spiro atoms. The van der Waals surface area contributed by atoms with Crippen molar-refractivity contribution in [3.63, 3.8) is 0 Å². The van der Waals surface area contributed by atoms with Gasteiger partial charge < -0.3 is 0 Å². The van der Waals surface area contributed by atoms with Crippen molar-refractivity contribution in [1.29, 1.82) is 0 Å². The molecule has 102 valence electrons. The highest BCUT2D eigenvalue weighted by Crippen LogP contribution is 2.33. The summed E-state index contributed by atoms with van der Waals surface area (Å²) in [7, 11) is 0. The molecule has 0 atom stereocenters. The number of rotatable bonds is 3. The fourth-order valence-corrected chi connectivity index (χ4v) is 3.48. The smallest absolute Gasteiger partial charge is 0.266 e. The van der Waals surface area contributed by atoms with Crippen molar-refractivity contribution < 1.29 is 4.79 Å². The van der Waals surface area contributed by atoms with Crippen molar-refractivity contribution >= 4 is 40.2 Å². The van der Waals surface area contributed by atoms with Gasteiger partial charge in [-0.05, 0) is 36.2 Å². The molecular weight excluding hydrogens is 294 g/mol. The normalized spacial score (nSPS) is 19.4. The second kappa shape index (κ2) is 5.59. The first kappa shape index (κ1) is 13.1. The number of thiophene rings is 1. The Balaban J connectivity index is 1.92. The van der Waals surface area contributed by atoms with E-state index in [0.29, 0.717) is 16.6 Å². The predicted molar refractivity (Wildman–Crippen MR) is 80.1 cm³/mol. The molecule has 1 saturated heterocycles. The van der Waals surface area contributed by atoms with Gasteiger partial charge in [0.15, 0.2) is 5.17 Å². The first-order chi connectivity index (χ1) is 9.78. The summed E-state index contributed by atoms with van der Waals surface area (Å²) in [5.74, 6) is -0.0160. The van der Waals surface area contributed by atoms with E-state index in [9.17, 15) is 4.79 Å². The van der Waals surface area contributed by atoms with Gasteiger partial charge in [-0.25, -0.2) is 4.68 Å². The van der Waals surface area contributed by atoms with Crippen LogP contribution >= 0.6 is 23.1 Å². The average molecular weight is 305 g/mol. The third kappa shape index (κ3) is 2.52. The maximum Gasteiger partial charge on any atom is 0.266 e. The van der Waals surface area contributed by atoms with E-state index in [4.69, 9.17) is 0 Å². The highest BCUT2D eigenvalue weighted by molar-refractivity contribution is 8.18. The number of nitrogens with zero attached hydrogens (tertiary/aromatic N) is 5. The lowest BCUT2D eigenvalue weighted by Gasteiger charge is -2.11. The zero-order valence-electron chi connectivity index (χ0n) is 10.6. The van der Waals surface area contributed by atoms with Crippen LogP contribution in [0.2, 0.25) is 0 Å². The maximum absolute atomic E-state index is 12.3. The molecule has 0 saturated carbocycles. The molecule has 1 fully saturated rings. The van der Waals surface area contributed by atoms with Crippen molar-refractivity contribution in [3.8, 4) is 0 Å². The predicted octanol–water partition coefficient (Wildman–Crippen LogP) is 2.10. The molecule has 0 aliphatic carbocycles. The molecule has 0 bridgehead atoms. The third-order valence-electron chi connectivity index (χ3n) is 2.63. The van der Waals surface area contributed by atoms with E-state index in [1.165, 1.54) is 29.1 Å². The Morgan fingerprint density at radius 1 is 1.40 bits per heavy atom. The van der Waals surface area contributed by atoms with Gasteiger partial charge >= 0.3 is 0 Å². The Hall–Kier alpha value is -1.93. The SMILES string of the molecule is CCN1C(=O)/C(=C/c2cccs2)SC1=Nn1cnnc1. The first-order valence-corrected chi connectivity index (χ1v) is 7.66. The zero-order chi connectivity index (χ0) is 13.9. The quantitative estimate of drug-likeness (QED) is 0.815. The fourth-order valence-electron chi connectivity index (χ4n) is 1.71. The lowest BCUT2D eigenvalue weighted by atomic mass is 10.4. The van der Waals surface area contributed by atoms with Gasteiger partial charge in [0.2, 0.25) is 0 Å². The number of amidine groups is 1. The molecule has 1 amide bonds. The van der Waals surface area contributed by atoms with Crippen molar-refractivity contribution in [3.05, 3.63) is 39.9 Å². The second-order valence-electron chi connectivity index (χ2n) is 3.90. The van der Waals surface area contributed by atoms with E-state index in [2.05, 4.69) is 15.3 Å². The number of hydrogen-bond acceptors (Lipinski definition) is 6. The van der Waals surface area contributed by atoms with Crippen LogP contribution in [0.5, 0.6) is 0 Å². The number of carbonyl (C=O) groups excluding carboxylic acids is 1. The van der Waals surface area contributed by atoms with Crippen LogP contribution in [0.25, 0.3) is 6.08 Å². The van der Waals surface area contributed by atoms with Crippen LogP contribution in [-0.4, -0.2) is 37.4 Å². The van der Waals surface area contributed by atoms with E-state index in [1.807, 2.05) is 30.5 Å². The molecule has 8 heteroatoms. The summed E-state index contributed by atoms with van der Waals surface area (Å²) in [5.41, 5.74) is 0. The van der Waals surface area contributed by atoms with Crippen LogP contribution in [0.1, 0.15) is 11.8 Å². The Morgan fingerprint density at radius 2 is 2.20 bits per heavy atom. The van der Waals surface area contributed by atoms with Gasteiger partial charge in [-0.3, -0.25) is 9.69 Å². The number of thioether (sulfide) groups is 1. The highest BCUT2D eigenvalue weighted by Gasteiger charge is 2.32. The third-order valence-corrected chi connectivity index (χ3v) is 4.44. The van der Waals surface area contributed by atoms with Gasteiger partial charge in [-0.1, -0.05) is 6.07 Å². The summed E-state index contributed by atoms with van der Waals surface area (Å²) >= 11 is 2.97.